The number of rotatable bonds is 7. The van der Waals surface area contributed by atoms with E-state index in [0.29, 0.717) is 31.0 Å². The number of thioether (sulfide) groups is 1. The Labute approximate surface area is 162 Å². The summed E-state index contributed by atoms with van der Waals surface area (Å²) in [6.45, 7) is 1.29. The Morgan fingerprint density at radius 1 is 1.33 bits per heavy atom. The highest BCUT2D eigenvalue weighted by molar-refractivity contribution is 7.97. The van der Waals surface area contributed by atoms with Crippen LogP contribution in [0, 0.1) is 5.92 Å². The van der Waals surface area contributed by atoms with Gasteiger partial charge in [0.15, 0.2) is 5.76 Å². The van der Waals surface area contributed by atoms with Crippen LogP contribution < -0.4 is 4.74 Å². The summed E-state index contributed by atoms with van der Waals surface area (Å²) in [6, 6.07) is 8.47. The molecule has 144 valence electrons. The molecule has 0 spiro atoms. The van der Waals surface area contributed by atoms with Crippen LogP contribution in [0.4, 0.5) is 0 Å². The third-order valence-corrected chi connectivity index (χ3v) is 5.34. The number of hydrogen-bond acceptors (Lipinski definition) is 5. The zero-order chi connectivity index (χ0) is 19.4. The van der Waals surface area contributed by atoms with Crippen LogP contribution in [0.5, 0.6) is 5.75 Å². The Hall–Kier alpha value is -2.41. The van der Waals surface area contributed by atoms with Crippen LogP contribution in [0.25, 0.3) is 0 Å². The van der Waals surface area contributed by atoms with Crippen molar-refractivity contribution >= 4 is 23.6 Å². The minimum Gasteiger partial charge on any atom is -0.496 e. The van der Waals surface area contributed by atoms with E-state index >= 15 is 0 Å². The second-order valence-electron chi connectivity index (χ2n) is 6.64. The summed E-state index contributed by atoms with van der Waals surface area (Å²) >= 11 is 1.65. The first-order valence-electron chi connectivity index (χ1n) is 8.79. The number of carboxylic acids is 1. The first kappa shape index (κ1) is 19.4. The van der Waals surface area contributed by atoms with Gasteiger partial charge in [0.2, 0.25) is 0 Å². The number of carbonyl (C=O) groups excluding carboxylic acids is 1. The molecule has 1 N–H and O–H groups in total. The van der Waals surface area contributed by atoms with E-state index in [0.717, 1.165) is 23.5 Å². The normalized spacial score (nSPS) is 16.5. The maximum absolute atomic E-state index is 12.7. The molecule has 1 unspecified atom stereocenters. The maximum Gasteiger partial charge on any atom is 0.335 e. The van der Waals surface area contributed by atoms with E-state index in [9.17, 15) is 14.7 Å². The van der Waals surface area contributed by atoms with Gasteiger partial charge in [-0.2, -0.15) is 11.8 Å². The van der Waals surface area contributed by atoms with Gasteiger partial charge in [0.25, 0.3) is 5.91 Å². The minimum atomic E-state index is -0.957. The Kier molecular flexibility index (Phi) is 6.11. The monoisotopic (exact) mass is 389 g/mol. The second kappa shape index (κ2) is 8.52. The third-order valence-electron chi connectivity index (χ3n) is 4.77. The highest BCUT2D eigenvalue weighted by Crippen LogP contribution is 2.28. The number of carbonyl (C=O) groups is 2. The Balaban J connectivity index is 1.66. The van der Waals surface area contributed by atoms with Crippen LogP contribution in [0.3, 0.4) is 0 Å². The van der Waals surface area contributed by atoms with E-state index in [4.69, 9.17) is 9.15 Å². The first-order chi connectivity index (χ1) is 13.0. The zero-order valence-corrected chi connectivity index (χ0v) is 16.3. The molecule has 0 aliphatic carbocycles. The van der Waals surface area contributed by atoms with Crippen LogP contribution >= 0.6 is 11.8 Å². The van der Waals surface area contributed by atoms with Crippen LogP contribution in [0.1, 0.15) is 38.7 Å². The molecule has 1 aliphatic rings. The number of ether oxygens (including phenoxy) is 1. The van der Waals surface area contributed by atoms with Crippen molar-refractivity contribution in [2.45, 2.75) is 18.6 Å². The van der Waals surface area contributed by atoms with Crippen molar-refractivity contribution in [3.05, 3.63) is 53.0 Å². The van der Waals surface area contributed by atoms with Crippen molar-refractivity contribution < 1.29 is 23.8 Å². The molecule has 1 fully saturated rings. The highest BCUT2D eigenvalue weighted by Gasteiger charge is 2.29. The van der Waals surface area contributed by atoms with Crippen molar-refractivity contribution in [1.82, 2.24) is 4.90 Å². The summed E-state index contributed by atoms with van der Waals surface area (Å²) in [6.07, 6.45) is 3.53. The molecule has 1 aromatic carbocycles. The highest BCUT2D eigenvalue weighted by atomic mass is 32.2. The number of nitrogens with zero attached hydrogens (tertiary/aromatic N) is 1. The molecular formula is C20H23NO5S. The third kappa shape index (κ3) is 4.47. The molecule has 6 nitrogen and oxygen atoms in total. The van der Waals surface area contributed by atoms with E-state index < -0.39 is 5.97 Å². The van der Waals surface area contributed by atoms with Gasteiger partial charge in [-0.25, -0.2) is 4.79 Å². The van der Waals surface area contributed by atoms with Gasteiger partial charge < -0.3 is 19.2 Å². The largest absolute Gasteiger partial charge is 0.496 e. The van der Waals surface area contributed by atoms with Gasteiger partial charge in [-0.3, -0.25) is 4.79 Å². The molecule has 1 saturated heterocycles. The van der Waals surface area contributed by atoms with Crippen molar-refractivity contribution in [1.29, 1.82) is 0 Å². The smallest absolute Gasteiger partial charge is 0.335 e. The SMILES string of the molecule is COc1ccc(C(=O)O)cc1CC1CCN(C(=O)c2ccc(CSC)o2)C1. The summed E-state index contributed by atoms with van der Waals surface area (Å²) in [7, 11) is 1.58. The molecule has 0 bridgehead atoms. The summed E-state index contributed by atoms with van der Waals surface area (Å²) in [4.78, 5) is 25.7. The van der Waals surface area contributed by atoms with Gasteiger partial charge in [0.1, 0.15) is 11.5 Å². The van der Waals surface area contributed by atoms with Crippen LogP contribution in [-0.4, -0.2) is 48.3 Å². The molecule has 2 heterocycles. The topological polar surface area (TPSA) is 80.0 Å². The molecule has 3 rings (SSSR count). The van der Waals surface area contributed by atoms with E-state index in [1.807, 2.05) is 12.3 Å². The van der Waals surface area contributed by atoms with Gasteiger partial charge in [-0.15, -0.1) is 0 Å². The van der Waals surface area contributed by atoms with E-state index in [-0.39, 0.29) is 17.4 Å². The zero-order valence-electron chi connectivity index (χ0n) is 15.4. The van der Waals surface area contributed by atoms with Crippen molar-refractivity contribution in [2.24, 2.45) is 5.92 Å². The molecule has 7 heteroatoms. The number of methoxy groups -OCH3 is 1. The number of carboxylic acid groups (broad SMARTS) is 1. The molecule has 1 amide bonds. The lowest BCUT2D eigenvalue weighted by Crippen LogP contribution is -2.28. The summed E-state index contributed by atoms with van der Waals surface area (Å²) in [5, 5.41) is 9.21. The molecule has 0 radical (unpaired) electrons. The second-order valence-corrected chi connectivity index (χ2v) is 7.51. The summed E-state index contributed by atoms with van der Waals surface area (Å²) < 4.78 is 11.0. The number of benzene rings is 1. The molecule has 1 atom stereocenters. The molecule has 0 saturated carbocycles. The van der Waals surface area contributed by atoms with E-state index in [2.05, 4.69) is 0 Å². The standard InChI is InChI=1S/C20H23NO5S/c1-25-17-5-3-14(20(23)24)10-15(17)9-13-7-8-21(11-13)19(22)18-6-4-16(26-18)12-27-2/h3-6,10,13H,7-9,11-12H2,1-2H3,(H,23,24). The molecule has 1 aromatic heterocycles. The molecule has 27 heavy (non-hydrogen) atoms. The lowest BCUT2D eigenvalue weighted by atomic mass is 9.96. The fourth-order valence-corrected chi connectivity index (χ4v) is 3.87. The Morgan fingerprint density at radius 3 is 2.85 bits per heavy atom. The fourth-order valence-electron chi connectivity index (χ4n) is 3.43. The van der Waals surface area contributed by atoms with Crippen molar-refractivity contribution in [3.8, 4) is 5.75 Å². The predicted octanol–water partition coefficient (Wildman–Crippen LogP) is 3.55. The molecule has 2 aromatic rings. The first-order valence-corrected chi connectivity index (χ1v) is 10.2. The summed E-state index contributed by atoms with van der Waals surface area (Å²) in [5.41, 5.74) is 1.10. The minimum absolute atomic E-state index is 0.0869. The number of hydrogen-bond donors (Lipinski definition) is 1. The Morgan fingerprint density at radius 2 is 2.15 bits per heavy atom. The predicted molar refractivity (Wildman–Crippen MR) is 104 cm³/mol. The van der Waals surface area contributed by atoms with E-state index in [1.54, 1.807) is 42.0 Å². The number of likely N-dealkylation sites (tertiary alicyclic amines) is 1. The lowest BCUT2D eigenvalue weighted by molar-refractivity contribution is 0.0695. The summed E-state index contributed by atoms with van der Waals surface area (Å²) in [5.74, 6) is 1.82. The van der Waals surface area contributed by atoms with Gasteiger partial charge in [0, 0.05) is 13.1 Å². The van der Waals surface area contributed by atoms with Crippen LogP contribution in [-0.2, 0) is 12.2 Å². The number of amides is 1. The lowest BCUT2D eigenvalue weighted by Gasteiger charge is -2.16. The number of aromatic carboxylic acids is 1. The quantitative estimate of drug-likeness (QED) is 0.780. The maximum atomic E-state index is 12.7. The van der Waals surface area contributed by atoms with E-state index in [1.165, 1.54) is 6.07 Å². The van der Waals surface area contributed by atoms with Crippen molar-refractivity contribution in [3.63, 3.8) is 0 Å². The van der Waals surface area contributed by atoms with Crippen LogP contribution in [0.2, 0.25) is 0 Å². The average molecular weight is 389 g/mol. The fraction of sp³-hybridized carbons (Fsp3) is 0.400. The van der Waals surface area contributed by atoms with Gasteiger partial charge in [-0.05, 0) is 60.9 Å². The average Bonchev–Trinajstić information content (AvgIpc) is 3.31. The Bertz CT molecular complexity index is 832. The van der Waals surface area contributed by atoms with Crippen LogP contribution in [0.15, 0.2) is 34.7 Å². The molecular weight excluding hydrogens is 366 g/mol. The van der Waals surface area contributed by atoms with Gasteiger partial charge in [-0.1, -0.05) is 0 Å². The van der Waals surface area contributed by atoms with Crippen molar-refractivity contribution in [2.75, 3.05) is 26.5 Å². The molecule has 1 aliphatic heterocycles. The number of furan rings is 1. The van der Waals surface area contributed by atoms with Gasteiger partial charge in [0.05, 0.1) is 18.4 Å². The van der Waals surface area contributed by atoms with Gasteiger partial charge >= 0.3 is 5.97 Å².